The molecular weight excluding hydrogens is 258 g/mol. The Bertz CT molecular complexity index is 467. The molecule has 2 N–H and O–H groups in total. The number of amides is 1. The van der Waals surface area contributed by atoms with Crippen LogP contribution in [0.5, 0.6) is 0 Å². The zero-order valence-corrected chi connectivity index (χ0v) is 11.8. The Hall–Kier alpha value is -1.47. The first-order valence-electron chi connectivity index (χ1n) is 7.22. The summed E-state index contributed by atoms with van der Waals surface area (Å²) in [6.07, 6.45) is 2.75. The Morgan fingerprint density at radius 1 is 1.40 bits per heavy atom. The summed E-state index contributed by atoms with van der Waals surface area (Å²) in [5, 5.41) is 10.1. The van der Waals surface area contributed by atoms with Gasteiger partial charge in [0, 0.05) is 26.1 Å². The zero-order valence-electron chi connectivity index (χ0n) is 11.8. The number of aromatic amines is 1. The highest BCUT2D eigenvalue weighted by Crippen LogP contribution is 2.28. The van der Waals surface area contributed by atoms with Crippen LogP contribution in [0.25, 0.3) is 0 Å². The minimum Gasteiger partial charge on any atom is -0.363 e. The maximum Gasteiger partial charge on any atom is 0.246 e. The highest BCUT2D eigenvalue weighted by atomic mass is 16.5. The number of H-pyrrole nitrogens is 1. The van der Waals surface area contributed by atoms with Crippen molar-refractivity contribution in [2.24, 2.45) is 0 Å². The third-order valence-corrected chi connectivity index (χ3v) is 4.15. The van der Waals surface area contributed by atoms with Crippen LogP contribution in [-0.2, 0) is 22.5 Å². The molecule has 0 saturated carbocycles. The van der Waals surface area contributed by atoms with Gasteiger partial charge in [-0.05, 0) is 12.8 Å². The number of hydrogen-bond donors (Lipinski definition) is 2. The molecule has 0 unspecified atom stereocenters. The van der Waals surface area contributed by atoms with Crippen LogP contribution in [-0.4, -0.2) is 57.8 Å². The molecule has 7 heteroatoms. The summed E-state index contributed by atoms with van der Waals surface area (Å²) in [5.74, 6) is 1.79. The van der Waals surface area contributed by atoms with E-state index in [-0.39, 0.29) is 18.1 Å². The lowest BCUT2D eigenvalue weighted by Crippen LogP contribution is -2.57. The van der Waals surface area contributed by atoms with Gasteiger partial charge in [-0.3, -0.25) is 14.8 Å². The number of aryl methyl sites for hydroxylation is 1. The number of rotatable bonds is 3. The van der Waals surface area contributed by atoms with E-state index >= 15 is 0 Å². The van der Waals surface area contributed by atoms with Gasteiger partial charge in [0.15, 0.2) is 0 Å². The van der Waals surface area contributed by atoms with Gasteiger partial charge in [0.05, 0.1) is 12.1 Å². The van der Waals surface area contributed by atoms with E-state index in [1.807, 2.05) is 6.92 Å². The van der Waals surface area contributed by atoms with E-state index in [4.69, 9.17) is 4.74 Å². The number of carbonyl (C=O) groups excluding carboxylic acids is 1. The second-order valence-corrected chi connectivity index (χ2v) is 5.58. The molecular formula is C13H21N5O2. The summed E-state index contributed by atoms with van der Waals surface area (Å²) in [5.41, 5.74) is -0.152. The van der Waals surface area contributed by atoms with Gasteiger partial charge in [-0.1, -0.05) is 6.92 Å². The van der Waals surface area contributed by atoms with Crippen molar-refractivity contribution in [3.8, 4) is 0 Å². The largest absolute Gasteiger partial charge is 0.363 e. The second kappa shape index (κ2) is 5.49. The van der Waals surface area contributed by atoms with Gasteiger partial charge in [-0.15, -0.1) is 0 Å². The average molecular weight is 279 g/mol. The number of morpholine rings is 1. The third-order valence-electron chi connectivity index (χ3n) is 4.15. The maximum atomic E-state index is 11.2. The first-order valence-corrected chi connectivity index (χ1v) is 7.22. The number of ether oxygens (including phenoxy) is 1. The first kappa shape index (κ1) is 13.5. The number of hydrogen-bond acceptors (Lipinski definition) is 5. The molecule has 2 aliphatic heterocycles. The molecule has 3 rings (SSSR count). The summed E-state index contributed by atoms with van der Waals surface area (Å²) in [7, 11) is 0. The van der Waals surface area contributed by atoms with E-state index in [9.17, 15) is 4.79 Å². The monoisotopic (exact) mass is 279 g/mol. The van der Waals surface area contributed by atoms with Gasteiger partial charge in [0.2, 0.25) is 5.91 Å². The Labute approximate surface area is 118 Å². The Balaban J connectivity index is 1.52. The minimum atomic E-state index is -0.152. The number of piperidine rings is 1. The lowest BCUT2D eigenvalue weighted by Gasteiger charge is -2.43. The van der Waals surface area contributed by atoms with Crippen LogP contribution in [0.4, 0.5) is 0 Å². The molecule has 1 spiro atoms. The van der Waals surface area contributed by atoms with Crippen molar-refractivity contribution in [3.05, 3.63) is 11.6 Å². The highest BCUT2D eigenvalue weighted by Gasteiger charge is 2.38. The first-order chi connectivity index (χ1) is 9.69. The predicted octanol–water partition coefficient (Wildman–Crippen LogP) is -0.152. The molecule has 110 valence electrons. The molecule has 0 aliphatic carbocycles. The molecule has 1 aromatic heterocycles. The normalized spacial score (nSPS) is 22.9. The second-order valence-electron chi connectivity index (χ2n) is 5.58. The standard InChI is InChI=1S/C13H21N5O2/c1-2-10-15-11(17-16-10)7-18-5-3-13(4-6-18)9-14-12(19)8-20-13/h2-9H2,1H3,(H,14,19)(H,15,16,17). The van der Waals surface area contributed by atoms with Crippen LogP contribution in [0.1, 0.15) is 31.4 Å². The van der Waals surface area contributed by atoms with Crippen molar-refractivity contribution in [3.63, 3.8) is 0 Å². The highest BCUT2D eigenvalue weighted by molar-refractivity contribution is 5.78. The summed E-state index contributed by atoms with van der Waals surface area (Å²) in [4.78, 5) is 18.0. The van der Waals surface area contributed by atoms with Crippen molar-refractivity contribution in [2.45, 2.75) is 38.3 Å². The Morgan fingerprint density at radius 2 is 2.20 bits per heavy atom. The molecule has 3 heterocycles. The average Bonchev–Trinajstić information content (AvgIpc) is 2.93. The van der Waals surface area contributed by atoms with Crippen molar-refractivity contribution < 1.29 is 9.53 Å². The van der Waals surface area contributed by atoms with Crippen LogP contribution < -0.4 is 5.32 Å². The van der Waals surface area contributed by atoms with Crippen molar-refractivity contribution in [1.29, 1.82) is 0 Å². The molecule has 0 atom stereocenters. The van der Waals surface area contributed by atoms with Crippen LogP contribution in [0.2, 0.25) is 0 Å². The van der Waals surface area contributed by atoms with Gasteiger partial charge >= 0.3 is 0 Å². The molecule has 2 fully saturated rings. The summed E-state index contributed by atoms with van der Waals surface area (Å²) in [6.45, 7) is 5.60. The molecule has 2 saturated heterocycles. The van der Waals surface area contributed by atoms with E-state index in [1.54, 1.807) is 0 Å². The van der Waals surface area contributed by atoms with E-state index in [2.05, 4.69) is 25.4 Å². The van der Waals surface area contributed by atoms with E-state index in [0.717, 1.165) is 50.5 Å². The van der Waals surface area contributed by atoms with Crippen molar-refractivity contribution >= 4 is 5.91 Å². The number of likely N-dealkylation sites (tertiary alicyclic amines) is 1. The summed E-state index contributed by atoms with van der Waals surface area (Å²) in [6, 6.07) is 0. The fourth-order valence-electron chi connectivity index (χ4n) is 2.80. The van der Waals surface area contributed by atoms with Crippen LogP contribution >= 0.6 is 0 Å². The lowest BCUT2D eigenvalue weighted by molar-refractivity contribution is -0.150. The van der Waals surface area contributed by atoms with Crippen molar-refractivity contribution in [2.75, 3.05) is 26.2 Å². The fourth-order valence-corrected chi connectivity index (χ4v) is 2.80. The summed E-state index contributed by atoms with van der Waals surface area (Å²) < 4.78 is 5.76. The van der Waals surface area contributed by atoms with E-state index in [0.29, 0.717) is 6.54 Å². The predicted molar refractivity (Wildman–Crippen MR) is 72.0 cm³/mol. The van der Waals surface area contributed by atoms with E-state index in [1.165, 1.54) is 0 Å². The minimum absolute atomic E-state index is 0.00758. The van der Waals surface area contributed by atoms with Crippen LogP contribution in [0.15, 0.2) is 0 Å². The van der Waals surface area contributed by atoms with Crippen LogP contribution in [0, 0.1) is 0 Å². The van der Waals surface area contributed by atoms with Gasteiger partial charge < -0.3 is 10.1 Å². The zero-order chi connectivity index (χ0) is 14.0. The molecule has 1 amide bonds. The number of aromatic nitrogens is 3. The van der Waals surface area contributed by atoms with E-state index < -0.39 is 0 Å². The molecule has 0 radical (unpaired) electrons. The van der Waals surface area contributed by atoms with Crippen molar-refractivity contribution in [1.82, 2.24) is 25.4 Å². The number of nitrogens with one attached hydrogen (secondary N) is 2. The van der Waals surface area contributed by atoms with Crippen LogP contribution in [0.3, 0.4) is 0 Å². The molecule has 1 aromatic rings. The van der Waals surface area contributed by atoms with Gasteiger partial charge in [-0.25, -0.2) is 4.98 Å². The molecule has 0 bridgehead atoms. The Morgan fingerprint density at radius 3 is 2.80 bits per heavy atom. The third kappa shape index (κ3) is 2.83. The molecule has 0 aromatic carbocycles. The molecule has 7 nitrogen and oxygen atoms in total. The number of nitrogens with zero attached hydrogens (tertiary/aromatic N) is 3. The maximum absolute atomic E-state index is 11.2. The quantitative estimate of drug-likeness (QED) is 0.804. The SMILES string of the molecule is CCc1n[nH]c(CN2CCC3(CC2)CNC(=O)CO3)n1. The topological polar surface area (TPSA) is 83.1 Å². The smallest absolute Gasteiger partial charge is 0.246 e. The number of carbonyl (C=O) groups is 1. The lowest BCUT2D eigenvalue weighted by atomic mass is 9.90. The molecule has 20 heavy (non-hydrogen) atoms. The molecule has 2 aliphatic rings. The van der Waals surface area contributed by atoms with Gasteiger partial charge in [0.25, 0.3) is 0 Å². The van der Waals surface area contributed by atoms with Gasteiger partial charge in [-0.2, -0.15) is 5.10 Å². The Kier molecular flexibility index (Phi) is 3.71. The van der Waals surface area contributed by atoms with Gasteiger partial charge in [0.1, 0.15) is 18.3 Å². The summed E-state index contributed by atoms with van der Waals surface area (Å²) >= 11 is 0. The fraction of sp³-hybridized carbons (Fsp3) is 0.769.